The van der Waals surface area contributed by atoms with Crippen molar-refractivity contribution in [3.05, 3.63) is 0 Å². The molecule has 1 aliphatic rings. The lowest BCUT2D eigenvalue weighted by Crippen LogP contribution is -2.54. The molecule has 0 aromatic carbocycles. The van der Waals surface area contributed by atoms with Gasteiger partial charge in [0.25, 0.3) is 0 Å². The van der Waals surface area contributed by atoms with Crippen molar-refractivity contribution in [2.45, 2.75) is 58.1 Å². The Labute approximate surface area is 88.4 Å². The van der Waals surface area contributed by atoms with Crippen molar-refractivity contribution in [2.75, 3.05) is 13.7 Å². The molecular formula is C12H25NO. The normalized spacial score (nSPS) is 32.6. The van der Waals surface area contributed by atoms with Crippen LogP contribution in [0.25, 0.3) is 0 Å². The van der Waals surface area contributed by atoms with Crippen molar-refractivity contribution < 1.29 is 4.74 Å². The smallest absolute Gasteiger partial charge is 0.0809 e. The van der Waals surface area contributed by atoms with Crippen LogP contribution in [-0.2, 0) is 4.74 Å². The highest BCUT2D eigenvalue weighted by Crippen LogP contribution is 2.31. The van der Waals surface area contributed by atoms with Crippen LogP contribution in [0.5, 0.6) is 0 Å². The molecule has 0 bridgehead atoms. The molecule has 0 radical (unpaired) electrons. The maximum Gasteiger partial charge on any atom is 0.0809 e. The summed E-state index contributed by atoms with van der Waals surface area (Å²) in [5, 5.41) is 3.44. The summed E-state index contributed by atoms with van der Waals surface area (Å²) in [6.07, 6.45) is 4.95. The van der Waals surface area contributed by atoms with Crippen molar-refractivity contribution >= 4 is 0 Å². The van der Waals surface area contributed by atoms with Crippen LogP contribution in [0, 0.1) is 5.92 Å². The molecular weight excluding hydrogens is 174 g/mol. The van der Waals surface area contributed by atoms with Crippen molar-refractivity contribution in [1.82, 2.24) is 5.32 Å². The van der Waals surface area contributed by atoms with E-state index in [1.54, 1.807) is 0 Å². The van der Waals surface area contributed by atoms with Crippen LogP contribution in [0.15, 0.2) is 0 Å². The maximum absolute atomic E-state index is 5.98. The van der Waals surface area contributed by atoms with Crippen LogP contribution in [0.2, 0.25) is 0 Å². The summed E-state index contributed by atoms with van der Waals surface area (Å²) in [5.74, 6) is 0.683. The molecule has 0 aromatic rings. The zero-order chi connectivity index (χ0) is 10.6. The minimum Gasteiger partial charge on any atom is -0.374 e. The fourth-order valence-electron chi connectivity index (χ4n) is 2.63. The summed E-state index contributed by atoms with van der Waals surface area (Å²) in [7, 11) is 2.06. The molecule has 0 amide bonds. The molecule has 14 heavy (non-hydrogen) atoms. The topological polar surface area (TPSA) is 21.3 Å². The molecule has 3 atom stereocenters. The first-order chi connectivity index (χ1) is 6.64. The van der Waals surface area contributed by atoms with Gasteiger partial charge in [-0.2, -0.15) is 0 Å². The van der Waals surface area contributed by atoms with Crippen LogP contribution in [0.4, 0.5) is 0 Å². The fraction of sp³-hybridized carbons (Fsp3) is 1.00. The molecule has 1 fully saturated rings. The molecule has 2 heteroatoms. The van der Waals surface area contributed by atoms with Crippen LogP contribution >= 0.6 is 0 Å². The van der Waals surface area contributed by atoms with Gasteiger partial charge in [-0.3, -0.25) is 0 Å². The quantitative estimate of drug-likeness (QED) is 0.751. The molecule has 2 nitrogen and oxygen atoms in total. The highest BCUT2D eigenvalue weighted by atomic mass is 16.5. The first-order valence-corrected chi connectivity index (χ1v) is 5.95. The molecule has 1 saturated heterocycles. The van der Waals surface area contributed by atoms with Crippen LogP contribution in [0.1, 0.15) is 46.5 Å². The first-order valence-electron chi connectivity index (χ1n) is 5.95. The minimum atomic E-state index is 0.0580. The second-order valence-electron chi connectivity index (χ2n) is 4.77. The first kappa shape index (κ1) is 12.0. The maximum atomic E-state index is 5.98. The Morgan fingerprint density at radius 2 is 2.14 bits per heavy atom. The standard InChI is InChI=1S/C12H25NO/c1-5-10(2)11(13-4)12(3)8-6-7-9-14-12/h10-11,13H,5-9H2,1-4H3. The minimum absolute atomic E-state index is 0.0580. The molecule has 1 rings (SSSR count). The second kappa shape index (κ2) is 5.13. The zero-order valence-corrected chi connectivity index (χ0v) is 10.1. The Bertz CT molecular complexity index is 164. The van der Waals surface area contributed by atoms with Crippen LogP contribution in [0.3, 0.4) is 0 Å². The Morgan fingerprint density at radius 1 is 1.43 bits per heavy atom. The van der Waals surface area contributed by atoms with Gasteiger partial charge in [0.15, 0.2) is 0 Å². The van der Waals surface area contributed by atoms with Gasteiger partial charge in [0.1, 0.15) is 0 Å². The van der Waals surface area contributed by atoms with Gasteiger partial charge >= 0.3 is 0 Å². The monoisotopic (exact) mass is 199 g/mol. The van der Waals surface area contributed by atoms with Gasteiger partial charge < -0.3 is 10.1 Å². The molecule has 1 heterocycles. The van der Waals surface area contributed by atoms with Gasteiger partial charge in [0, 0.05) is 12.6 Å². The number of ether oxygens (including phenoxy) is 1. The Hall–Kier alpha value is -0.0800. The summed E-state index contributed by atoms with van der Waals surface area (Å²) >= 11 is 0. The van der Waals surface area contributed by atoms with Gasteiger partial charge in [0.05, 0.1) is 5.60 Å². The predicted octanol–water partition coefficient (Wildman–Crippen LogP) is 2.58. The average Bonchev–Trinajstić information content (AvgIpc) is 2.19. The van der Waals surface area contributed by atoms with E-state index in [-0.39, 0.29) is 5.60 Å². The molecule has 3 unspecified atom stereocenters. The number of rotatable bonds is 4. The van der Waals surface area contributed by atoms with Crippen molar-refractivity contribution in [3.63, 3.8) is 0 Å². The largest absolute Gasteiger partial charge is 0.374 e. The molecule has 84 valence electrons. The molecule has 1 aliphatic heterocycles. The van der Waals surface area contributed by atoms with Crippen molar-refractivity contribution in [1.29, 1.82) is 0 Å². The molecule has 0 aliphatic carbocycles. The Morgan fingerprint density at radius 3 is 2.57 bits per heavy atom. The lowest BCUT2D eigenvalue weighted by molar-refractivity contribution is -0.0977. The van der Waals surface area contributed by atoms with Gasteiger partial charge in [-0.1, -0.05) is 20.3 Å². The summed E-state index contributed by atoms with van der Waals surface area (Å²) in [5.41, 5.74) is 0.0580. The van der Waals surface area contributed by atoms with E-state index in [4.69, 9.17) is 4.74 Å². The summed E-state index contributed by atoms with van der Waals surface area (Å²) < 4.78 is 5.98. The molecule has 0 saturated carbocycles. The van der Waals surface area contributed by atoms with E-state index in [1.165, 1.54) is 25.7 Å². The van der Waals surface area contributed by atoms with Gasteiger partial charge in [-0.15, -0.1) is 0 Å². The van der Waals surface area contributed by atoms with Crippen molar-refractivity contribution in [2.24, 2.45) is 5.92 Å². The number of nitrogens with one attached hydrogen (secondary N) is 1. The van der Waals surface area contributed by atoms with E-state index in [1.807, 2.05) is 0 Å². The van der Waals surface area contributed by atoms with Gasteiger partial charge in [0.2, 0.25) is 0 Å². The fourth-order valence-corrected chi connectivity index (χ4v) is 2.63. The third-order valence-corrected chi connectivity index (χ3v) is 3.68. The molecule has 0 spiro atoms. The third kappa shape index (κ3) is 2.48. The highest BCUT2D eigenvalue weighted by molar-refractivity contribution is 4.93. The lowest BCUT2D eigenvalue weighted by atomic mass is 9.80. The molecule has 1 N–H and O–H groups in total. The Balaban J connectivity index is 2.65. The van der Waals surface area contributed by atoms with Gasteiger partial charge in [-0.25, -0.2) is 0 Å². The third-order valence-electron chi connectivity index (χ3n) is 3.68. The number of hydrogen-bond donors (Lipinski definition) is 1. The predicted molar refractivity (Wildman–Crippen MR) is 60.5 cm³/mol. The second-order valence-corrected chi connectivity index (χ2v) is 4.77. The molecule has 0 aromatic heterocycles. The van der Waals surface area contributed by atoms with E-state index in [9.17, 15) is 0 Å². The SMILES string of the molecule is CCC(C)C(NC)C1(C)CCCCO1. The summed E-state index contributed by atoms with van der Waals surface area (Å²) in [6.45, 7) is 7.76. The number of hydrogen-bond acceptors (Lipinski definition) is 2. The van der Waals surface area contributed by atoms with Crippen molar-refractivity contribution in [3.8, 4) is 0 Å². The van der Waals surface area contributed by atoms with Gasteiger partial charge in [-0.05, 0) is 39.2 Å². The number of likely N-dealkylation sites (N-methyl/N-ethyl adjacent to an activating group) is 1. The van der Waals surface area contributed by atoms with E-state index in [0.717, 1.165) is 6.61 Å². The Kier molecular flexibility index (Phi) is 4.39. The lowest BCUT2D eigenvalue weighted by Gasteiger charge is -2.43. The van der Waals surface area contributed by atoms with E-state index >= 15 is 0 Å². The van der Waals surface area contributed by atoms with E-state index in [0.29, 0.717) is 12.0 Å². The summed E-state index contributed by atoms with van der Waals surface area (Å²) in [4.78, 5) is 0. The average molecular weight is 199 g/mol. The van der Waals surface area contributed by atoms with E-state index in [2.05, 4.69) is 33.1 Å². The zero-order valence-electron chi connectivity index (χ0n) is 10.1. The highest BCUT2D eigenvalue weighted by Gasteiger charge is 2.38. The summed E-state index contributed by atoms with van der Waals surface area (Å²) in [6, 6.07) is 0.493. The van der Waals surface area contributed by atoms with Crippen LogP contribution in [-0.4, -0.2) is 25.3 Å². The van der Waals surface area contributed by atoms with E-state index < -0.39 is 0 Å². The van der Waals surface area contributed by atoms with Crippen LogP contribution < -0.4 is 5.32 Å².